The number of halogens is 2. The van der Waals surface area contributed by atoms with Crippen LogP contribution in [0.2, 0.25) is 10.0 Å². The summed E-state index contributed by atoms with van der Waals surface area (Å²) in [5.41, 5.74) is 0.368. The van der Waals surface area contributed by atoms with E-state index in [0.717, 1.165) is 6.54 Å². The first-order valence-electron chi connectivity index (χ1n) is 7.90. The van der Waals surface area contributed by atoms with Crippen molar-refractivity contribution in [2.45, 2.75) is 58.2 Å². The van der Waals surface area contributed by atoms with Crippen molar-refractivity contribution in [3.8, 4) is 0 Å². The Morgan fingerprint density at radius 2 is 1.95 bits per heavy atom. The van der Waals surface area contributed by atoms with Gasteiger partial charge in [-0.3, -0.25) is 0 Å². The quantitative estimate of drug-likeness (QED) is 0.848. The van der Waals surface area contributed by atoms with Gasteiger partial charge in [-0.15, -0.1) is 0 Å². The predicted molar refractivity (Wildman–Crippen MR) is 89.9 cm³/mol. The van der Waals surface area contributed by atoms with Crippen molar-refractivity contribution in [2.24, 2.45) is 0 Å². The number of ether oxygens (including phenoxy) is 1. The van der Waals surface area contributed by atoms with E-state index in [1.54, 1.807) is 18.2 Å². The molecule has 22 heavy (non-hydrogen) atoms. The third kappa shape index (κ3) is 4.37. The zero-order valence-corrected chi connectivity index (χ0v) is 14.9. The first-order valence-corrected chi connectivity index (χ1v) is 8.65. The van der Waals surface area contributed by atoms with Gasteiger partial charge in [0.15, 0.2) is 0 Å². The number of carbonyl (C=O) groups is 1. The number of likely N-dealkylation sites (tertiary alicyclic amines) is 1. The normalized spacial score (nSPS) is 26.5. The summed E-state index contributed by atoms with van der Waals surface area (Å²) in [4.78, 5) is 13.8. The molecule has 0 spiro atoms. The summed E-state index contributed by atoms with van der Waals surface area (Å²) in [7, 11) is 0. The number of hydrogen-bond acceptors (Lipinski definition) is 2. The second-order valence-electron chi connectivity index (χ2n) is 6.35. The lowest BCUT2D eigenvalue weighted by molar-refractivity contribution is -0.953. The van der Waals surface area contributed by atoms with E-state index in [1.807, 2.05) is 6.92 Å². The van der Waals surface area contributed by atoms with Crippen LogP contribution in [0.15, 0.2) is 18.2 Å². The number of esters is 1. The second-order valence-corrected chi connectivity index (χ2v) is 7.20. The molecule has 1 aromatic carbocycles. The Kier molecular flexibility index (Phi) is 6.13. The summed E-state index contributed by atoms with van der Waals surface area (Å²) in [5.74, 6) is -0.383. The molecule has 1 fully saturated rings. The number of carbonyl (C=O) groups excluding carboxylic acids is 1. The van der Waals surface area contributed by atoms with E-state index in [4.69, 9.17) is 27.9 Å². The minimum Gasteiger partial charge on any atom is -0.453 e. The summed E-state index contributed by atoms with van der Waals surface area (Å²) in [5, 5.41) is 0.840. The van der Waals surface area contributed by atoms with E-state index in [9.17, 15) is 4.79 Å². The molecule has 1 aromatic rings. The van der Waals surface area contributed by atoms with Crippen molar-refractivity contribution < 1.29 is 14.4 Å². The smallest absolute Gasteiger partial charge is 0.340 e. The van der Waals surface area contributed by atoms with E-state index in [-0.39, 0.29) is 12.1 Å². The fraction of sp³-hybridized carbons (Fsp3) is 0.588. The Hall–Kier alpha value is -0.770. The highest BCUT2D eigenvalue weighted by Gasteiger charge is 2.30. The van der Waals surface area contributed by atoms with Gasteiger partial charge in [0.05, 0.1) is 22.7 Å². The molecule has 3 nitrogen and oxygen atoms in total. The maximum Gasteiger partial charge on any atom is 0.340 e. The van der Waals surface area contributed by atoms with Crippen LogP contribution < -0.4 is 4.90 Å². The molecule has 1 heterocycles. The SMILES string of the molecule is C[C@H](C[NH+]1[C@H](C)CCC[C@@H]1C)OC(=O)c1ccc(Cl)cc1Cl. The minimum atomic E-state index is -0.383. The number of piperidine rings is 1. The standard InChI is InChI=1S/C17H23Cl2NO2/c1-11-5-4-6-12(2)20(11)10-13(3)22-17(21)15-8-7-14(18)9-16(15)19/h7-9,11-13H,4-6,10H2,1-3H3/p+1/t11-,12+,13-/m1/s1. The Morgan fingerprint density at radius 1 is 1.32 bits per heavy atom. The lowest BCUT2D eigenvalue weighted by Gasteiger charge is -2.37. The maximum absolute atomic E-state index is 12.2. The molecule has 0 amide bonds. The van der Waals surface area contributed by atoms with Crippen LogP contribution in [0.4, 0.5) is 0 Å². The van der Waals surface area contributed by atoms with Crippen molar-refractivity contribution in [1.29, 1.82) is 0 Å². The Morgan fingerprint density at radius 3 is 2.55 bits per heavy atom. The van der Waals surface area contributed by atoms with Crippen molar-refractivity contribution in [3.05, 3.63) is 33.8 Å². The van der Waals surface area contributed by atoms with E-state index >= 15 is 0 Å². The summed E-state index contributed by atoms with van der Waals surface area (Å²) >= 11 is 11.9. The van der Waals surface area contributed by atoms with Crippen LogP contribution in [0.25, 0.3) is 0 Å². The van der Waals surface area contributed by atoms with Gasteiger partial charge in [0.2, 0.25) is 0 Å². The fourth-order valence-electron chi connectivity index (χ4n) is 3.26. The van der Waals surface area contributed by atoms with Crippen LogP contribution in [0.1, 0.15) is 50.4 Å². The van der Waals surface area contributed by atoms with Gasteiger partial charge in [0, 0.05) is 5.02 Å². The van der Waals surface area contributed by atoms with Gasteiger partial charge in [-0.25, -0.2) is 4.79 Å². The molecule has 0 aliphatic carbocycles. The van der Waals surface area contributed by atoms with Gasteiger partial charge in [-0.1, -0.05) is 23.2 Å². The molecule has 5 heteroatoms. The van der Waals surface area contributed by atoms with Gasteiger partial charge in [-0.05, 0) is 58.2 Å². The van der Waals surface area contributed by atoms with Gasteiger partial charge < -0.3 is 9.64 Å². The molecule has 2 rings (SSSR count). The van der Waals surface area contributed by atoms with Crippen LogP contribution in [0.5, 0.6) is 0 Å². The summed E-state index contributed by atoms with van der Waals surface area (Å²) in [6, 6.07) is 6.05. The topological polar surface area (TPSA) is 30.7 Å². The molecule has 122 valence electrons. The molecule has 0 radical (unpaired) electrons. The lowest BCUT2D eigenvalue weighted by Crippen LogP contribution is -3.20. The van der Waals surface area contributed by atoms with Gasteiger partial charge in [-0.2, -0.15) is 0 Å². The molecule has 1 N–H and O–H groups in total. The van der Waals surface area contributed by atoms with Crippen LogP contribution in [-0.2, 0) is 4.74 Å². The fourth-order valence-corrected chi connectivity index (χ4v) is 3.75. The number of benzene rings is 1. The highest BCUT2D eigenvalue weighted by atomic mass is 35.5. The summed E-state index contributed by atoms with van der Waals surface area (Å²) in [6.07, 6.45) is 3.63. The minimum absolute atomic E-state index is 0.141. The van der Waals surface area contributed by atoms with Crippen LogP contribution in [-0.4, -0.2) is 30.7 Å². The Balaban J connectivity index is 1.96. The lowest BCUT2D eigenvalue weighted by atomic mass is 9.97. The Labute approximate surface area is 142 Å². The molecule has 0 aromatic heterocycles. The van der Waals surface area contributed by atoms with Crippen molar-refractivity contribution in [3.63, 3.8) is 0 Å². The van der Waals surface area contributed by atoms with E-state index < -0.39 is 0 Å². The molecule has 4 atom stereocenters. The monoisotopic (exact) mass is 344 g/mol. The number of hydrogen-bond donors (Lipinski definition) is 1. The predicted octanol–water partition coefficient (Wildman–Crippen LogP) is 3.38. The average molecular weight is 345 g/mol. The van der Waals surface area contributed by atoms with Crippen LogP contribution in [0.3, 0.4) is 0 Å². The first kappa shape index (κ1) is 17.6. The van der Waals surface area contributed by atoms with Crippen LogP contribution >= 0.6 is 23.2 Å². The van der Waals surface area contributed by atoms with Gasteiger partial charge in [0.1, 0.15) is 12.6 Å². The molecule has 0 bridgehead atoms. The van der Waals surface area contributed by atoms with Gasteiger partial charge >= 0.3 is 5.97 Å². The maximum atomic E-state index is 12.2. The van der Waals surface area contributed by atoms with Crippen molar-refractivity contribution in [2.75, 3.05) is 6.54 Å². The van der Waals surface area contributed by atoms with Crippen molar-refractivity contribution >= 4 is 29.2 Å². The van der Waals surface area contributed by atoms with Gasteiger partial charge in [0.25, 0.3) is 0 Å². The van der Waals surface area contributed by atoms with E-state index in [1.165, 1.54) is 24.2 Å². The van der Waals surface area contributed by atoms with E-state index in [0.29, 0.717) is 27.7 Å². The van der Waals surface area contributed by atoms with Crippen molar-refractivity contribution in [1.82, 2.24) is 0 Å². The third-order valence-electron chi connectivity index (χ3n) is 4.52. The highest BCUT2D eigenvalue weighted by Crippen LogP contribution is 2.22. The third-order valence-corrected chi connectivity index (χ3v) is 5.07. The molecule has 1 unspecified atom stereocenters. The molecule has 1 aliphatic heterocycles. The number of quaternary nitrogens is 1. The number of rotatable bonds is 4. The Bertz CT molecular complexity index is 525. The summed E-state index contributed by atoms with van der Waals surface area (Å²) < 4.78 is 5.57. The van der Waals surface area contributed by atoms with E-state index in [2.05, 4.69) is 13.8 Å². The number of nitrogens with one attached hydrogen (secondary N) is 1. The largest absolute Gasteiger partial charge is 0.453 e. The first-order chi connectivity index (χ1) is 10.4. The molecule has 0 saturated carbocycles. The molecule has 1 aliphatic rings. The second kappa shape index (κ2) is 7.67. The molecule has 1 saturated heterocycles. The zero-order chi connectivity index (χ0) is 16.3. The molecular formula is C17H24Cl2NO2+. The summed E-state index contributed by atoms with van der Waals surface area (Å²) in [6.45, 7) is 7.33. The van der Waals surface area contributed by atoms with Crippen LogP contribution in [0, 0.1) is 0 Å². The highest BCUT2D eigenvalue weighted by molar-refractivity contribution is 6.36. The zero-order valence-electron chi connectivity index (χ0n) is 13.4. The average Bonchev–Trinajstić information content (AvgIpc) is 2.42. The molecular weight excluding hydrogens is 321 g/mol.